The molecule has 5 nitrogen and oxygen atoms in total. The second kappa shape index (κ2) is 33.6. The van der Waals surface area contributed by atoms with Crippen LogP contribution in [-0.2, 0) is 0 Å². The predicted molar refractivity (Wildman–Crippen MR) is 331 cm³/mol. The normalized spacial score (nSPS) is 13.3. The summed E-state index contributed by atoms with van der Waals surface area (Å²) in [5.74, 6) is 0. The maximum atomic E-state index is 10.5. The molecular weight excluding hydrogens is 1030 g/mol. The van der Waals surface area contributed by atoms with Gasteiger partial charge in [-0.15, -0.1) is 0 Å². The van der Waals surface area contributed by atoms with Crippen molar-refractivity contribution in [1.82, 2.24) is 9.80 Å². The maximum absolute atomic E-state index is 10.5. The SMILES string of the molecule is C=Cc1ccc(N2CCN(C)CC2)cc1.C=P(c1ccccc1)(c1ccccc1)c1ccccc1.CN1CCN(c2ccc(C=O)cc2)CC1.C[P+](c1ccccc1)(c1ccccc1)c1ccccc1.[Br-].[CH2-]CCC.[Li+]. The molecule has 0 N–H and O–H groups in total. The molecule has 390 valence electrons. The molecule has 2 saturated heterocycles. The van der Waals surface area contributed by atoms with Gasteiger partial charge in [0.15, 0.2) is 0 Å². The zero-order valence-corrected chi connectivity index (χ0v) is 49.1. The van der Waals surface area contributed by atoms with Gasteiger partial charge in [-0.25, -0.2) is 0 Å². The number of piperazine rings is 2. The van der Waals surface area contributed by atoms with Crippen molar-refractivity contribution in [2.75, 3.05) is 82.9 Å². The molecule has 0 bridgehead atoms. The molecule has 76 heavy (non-hydrogen) atoms. The third-order valence-corrected chi connectivity index (χ3v) is 21.2. The molecule has 0 unspecified atom stereocenters. The van der Waals surface area contributed by atoms with Crippen LogP contribution in [0.2, 0.25) is 0 Å². The molecule has 0 aliphatic carbocycles. The molecule has 0 amide bonds. The standard InChI is InChI=1S/C19H18P.C19H17P.C13H18N2.C12H16N2O.C4H9.BrH.Li/c2*1-20(17-11-5-2-6-12-17,18-13-7-3-8-14-18)19-15-9-4-10-16-19;1-3-12-4-6-13(7-5-12)15-10-8-14(2)9-11-15;1-13-6-8-14(9-7-13)12-4-2-11(10-15)3-5-12;1-3-4-2;;/h2-16H,1H3;2-16H,1H2;3-7H,1,8-11H2,2H3;2-5,10H,6-9H2,1H3;1,3-4H2,2H3;1H;/q+1;;;;-1;;+1/p-1. The second-order valence-corrected chi connectivity index (χ2v) is 25.5. The summed E-state index contributed by atoms with van der Waals surface area (Å²) >= 11 is 0. The third-order valence-electron chi connectivity index (χ3n) is 13.7. The largest absolute Gasteiger partial charge is 1.00 e. The Labute approximate surface area is 481 Å². The molecule has 0 aromatic heterocycles. The van der Waals surface area contributed by atoms with E-state index in [9.17, 15) is 4.79 Å². The molecular formula is C67H78BrLiN4OP2. The van der Waals surface area contributed by atoms with E-state index in [4.69, 9.17) is 6.30 Å². The molecule has 0 radical (unpaired) electrons. The van der Waals surface area contributed by atoms with Crippen molar-refractivity contribution in [2.24, 2.45) is 0 Å². The summed E-state index contributed by atoms with van der Waals surface area (Å²) < 4.78 is 0. The number of unbranched alkanes of at least 4 members (excludes halogenated alkanes) is 1. The molecule has 2 heterocycles. The van der Waals surface area contributed by atoms with Crippen LogP contribution in [0.25, 0.3) is 6.08 Å². The zero-order valence-electron chi connectivity index (χ0n) is 45.8. The van der Waals surface area contributed by atoms with Gasteiger partial charge in [0.05, 0.1) is 6.66 Å². The smallest absolute Gasteiger partial charge is 1.00 e. The number of carbonyl (C=O) groups excluding carboxylic acids is 1. The van der Waals surface area contributed by atoms with Crippen LogP contribution in [0, 0.1) is 6.92 Å². The van der Waals surface area contributed by atoms with Crippen LogP contribution in [0.15, 0.2) is 237 Å². The summed E-state index contributed by atoms with van der Waals surface area (Å²) in [4.78, 5) is 20.0. The minimum atomic E-state index is -1.78. The quantitative estimate of drug-likeness (QED) is 0.0690. The van der Waals surface area contributed by atoms with Crippen LogP contribution in [0.4, 0.5) is 11.4 Å². The first-order valence-corrected chi connectivity index (χ1v) is 30.2. The first-order valence-electron chi connectivity index (χ1n) is 26.0. The molecule has 0 saturated carbocycles. The van der Waals surface area contributed by atoms with Gasteiger partial charge in [0.25, 0.3) is 0 Å². The van der Waals surface area contributed by atoms with Crippen LogP contribution >= 0.6 is 14.1 Å². The minimum absolute atomic E-state index is 0. The van der Waals surface area contributed by atoms with E-state index in [1.165, 1.54) is 55.2 Å². The van der Waals surface area contributed by atoms with Gasteiger partial charge < -0.3 is 43.5 Å². The van der Waals surface area contributed by atoms with Crippen molar-refractivity contribution in [3.63, 3.8) is 0 Å². The third kappa shape index (κ3) is 18.0. The number of hydrogen-bond donors (Lipinski definition) is 0. The zero-order chi connectivity index (χ0) is 52.4. The van der Waals surface area contributed by atoms with E-state index in [2.05, 4.69) is 267 Å². The van der Waals surface area contributed by atoms with Crippen LogP contribution in [0.5, 0.6) is 0 Å². The summed E-state index contributed by atoms with van der Waals surface area (Å²) in [6.07, 6.45) is 9.73. The number of aldehydes is 1. The molecule has 10 rings (SSSR count). The molecule has 8 aromatic rings. The Kier molecular flexibility index (Phi) is 27.9. The van der Waals surface area contributed by atoms with Crippen molar-refractivity contribution in [2.45, 2.75) is 19.8 Å². The van der Waals surface area contributed by atoms with Crippen LogP contribution in [-0.4, -0.2) is 95.5 Å². The molecule has 9 heteroatoms. The van der Waals surface area contributed by atoms with E-state index >= 15 is 0 Å². The van der Waals surface area contributed by atoms with Gasteiger partial charge in [-0.2, -0.15) is 6.42 Å². The summed E-state index contributed by atoms with van der Waals surface area (Å²) in [6, 6.07) is 81.0. The van der Waals surface area contributed by atoms with E-state index in [0.29, 0.717) is 0 Å². The number of halogens is 1. The van der Waals surface area contributed by atoms with Gasteiger partial charge in [-0.1, -0.05) is 190 Å². The molecule has 0 atom stereocenters. The Bertz CT molecular complexity index is 2580. The second-order valence-electron chi connectivity index (χ2n) is 18.8. The van der Waals surface area contributed by atoms with Crippen molar-refractivity contribution in [3.05, 3.63) is 255 Å². The maximum Gasteiger partial charge on any atom is 1.00 e. The fraction of sp³-hybridized carbons (Fsp3) is 0.209. The molecule has 0 spiro atoms. The van der Waals surface area contributed by atoms with Gasteiger partial charge in [0.1, 0.15) is 29.5 Å². The number of carbonyl (C=O) groups is 1. The Morgan fingerprint density at radius 3 is 0.987 bits per heavy atom. The van der Waals surface area contributed by atoms with Crippen LogP contribution < -0.4 is 77.5 Å². The molecule has 2 fully saturated rings. The first kappa shape index (κ1) is 63.0. The Morgan fingerprint density at radius 2 is 0.737 bits per heavy atom. The fourth-order valence-corrected chi connectivity index (χ4v) is 15.0. The van der Waals surface area contributed by atoms with Crippen molar-refractivity contribution in [1.29, 1.82) is 0 Å². The van der Waals surface area contributed by atoms with Crippen molar-refractivity contribution in [3.8, 4) is 0 Å². The summed E-state index contributed by atoms with van der Waals surface area (Å²) in [7, 11) is 2.80. The monoisotopic (exact) mass is 1100 g/mol. The number of nitrogens with zero attached hydrogens (tertiary/aromatic N) is 4. The molecule has 8 aromatic carbocycles. The average molecular weight is 1100 g/mol. The van der Waals surface area contributed by atoms with Gasteiger partial charge in [-0.3, -0.25) is 4.79 Å². The van der Waals surface area contributed by atoms with Gasteiger partial charge in [-0.05, 0) is 115 Å². The summed E-state index contributed by atoms with van der Waals surface area (Å²) in [5.41, 5.74) is 4.48. The Morgan fingerprint density at radius 1 is 0.474 bits per heavy atom. The van der Waals surface area contributed by atoms with E-state index < -0.39 is 14.1 Å². The van der Waals surface area contributed by atoms with E-state index in [0.717, 1.165) is 70.6 Å². The number of benzene rings is 8. The number of likely N-dealkylation sites (N-methyl/N-ethyl adjacent to an activating group) is 2. The summed E-state index contributed by atoms with van der Waals surface area (Å²) in [5, 5.41) is 8.24. The van der Waals surface area contributed by atoms with Crippen LogP contribution in [0.3, 0.4) is 0 Å². The predicted octanol–water partition coefficient (Wildman–Crippen LogP) is 5.98. The number of hydrogen-bond acceptors (Lipinski definition) is 5. The molecule has 2 aliphatic rings. The Hall–Kier alpha value is -5.50. The minimum Gasteiger partial charge on any atom is -1.00 e. The van der Waals surface area contributed by atoms with Gasteiger partial charge in [0, 0.05) is 69.3 Å². The van der Waals surface area contributed by atoms with Gasteiger partial charge >= 0.3 is 18.9 Å². The van der Waals surface area contributed by atoms with Crippen LogP contribution in [0.1, 0.15) is 35.7 Å². The van der Waals surface area contributed by atoms with E-state index in [1.54, 1.807) is 0 Å². The molecule has 2 aliphatic heterocycles. The van der Waals surface area contributed by atoms with E-state index in [-0.39, 0.29) is 35.8 Å². The summed E-state index contributed by atoms with van der Waals surface area (Å²) in [6.45, 7) is 19.0. The fourth-order valence-electron chi connectivity index (χ4n) is 8.83. The Balaban J connectivity index is 0.000000214. The van der Waals surface area contributed by atoms with E-state index in [1.807, 2.05) is 30.3 Å². The van der Waals surface area contributed by atoms with Gasteiger partial charge in [0.2, 0.25) is 0 Å². The van der Waals surface area contributed by atoms with Crippen molar-refractivity contribution >= 4 is 76.0 Å². The number of anilines is 2. The topological polar surface area (TPSA) is 30.0 Å². The first-order chi connectivity index (χ1) is 36.1. The van der Waals surface area contributed by atoms with Crippen molar-refractivity contribution < 1.29 is 40.6 Å². The number of rotatable bonds is 11. The average Bonchev–Trinajstić information content (AvgIpc) is 3.50.